The van der Waals surface area contributed by atoms with E-state index >= 15 is 0 Å². The largest absolute Gasteiger partial charge is 0.497 e. The Labute approximate surface area is 119 Å². The molecule has 1 heterocycles. The number of benzene rings is 1. The van der Waals surface area contributed by atoms with E-state index in [2.05, 4.69) is 5.32 Å². The number of methoxy groups -OCH3 is 1. The minimum atomic E-state index is -0.0639. The van der Waals surface area contributed by atoms with Crippen LogP contribution in [0.5, 0.6) is 5.75 Å². The van der Waals surface area contributed by atoms with Gasteiger partial charge in [0, 0.05) is 26.2 Å². The number of urea groups is 1. The summed E-state index contributed by atoms with van der Waals surface area (Å²) in [5, 5.41) is 12.1. The van der Waals surface area contributed by atoms with Crippen LogP contribution in [-0.4, -0.2) is 42.8 Å². The first-order valence-corrected chi connectivity index (χ1v) is 6.99. The molecule has 0 radical (unpaired) electrons. The molecule has 1 aliphatic heterocycles. The number of carbonyl (C=O) groups is 1. The van der Waals surface area contributed by atoms with Gasteiger partial charge in [-0.3, -0.25) is 0 Å². The second kappa shape index (κ2) is 7.14. The van der Waals surface area contributed by atoms with Crippen LogP contribution in [0.4, 0.5) is 4.79 Å². The SMILES string of the molecule is COc1cccc(CNC(=O)N2CCC[C@H](CO)C2)c1. The summed E-state index contributed by atoms with van der Waals surface area (Å²) < 4.78 is 5.16. The van der Waals surface area contributed by atoms with E-state index in [-0.39, 0.29) is 18.6 Å². The molecule has 5 nitrogen and oxygen atoms in total. The molecule has 0 bridgehead atoms. The number of ether oxygens (including phenoxy) is 1. The number of hydrogen-bond acceptors (Lipinski definition) is 3. The number of aliphatic hydroxyl groups excluding tert-OH is 1. The van der Waals surface area contributed by atoms with Crippen molar-refractivity contribution in [2.45, 2.75) is 19.4 Å². The number of piperidine rings is 1. The van der Waals surface area contributed by atoms with Crippen molar-refractivity contribution in [2.75, 3.05) is 26.8 Å². The fourth-order valence-corrected chi connectivity index (χ4v) is 2.47. The van der Waals surface area contributed by atoms with Crippen molar-refractivity contribution in [3.8, 4) is 5.75 Å². The van der Waals surface area contributed by atoms with Crippen LogP contribution >= 0.6 is 0 Å². The number of hydrogen-bond donors (Lipinski definition) is 2. The van der Waals surface area contributed by atoms with Crippen LogP contribution in [0.3, 0.4) is 0 Å². The summed E-state index contributed by atoms with van der Waals surface area (Å²) in [7, 11) is 1.63. The van der Waals surface area contributed by atoms with Gasteiger partial charge in [-0.2, -0.15) is 0 Å². The first-order valence-electron chi connectivity index (χ1n) is 6.99. The highest BCUT2D eigenvalue weighted by molar-refractivity contribution is 5.74. The molecule has 1 atom stereocenters. The third kappa shape index (κ3) is 3.87. The Morgan fingerprint density at radius 3 is 3.15 bits per heavy atom. The van der Waals surface area contributed by atoms with Crippen molar-refractivity contribution in [1.82, 2.24) is 10.2 Å². The number of rotatable bonds is 4. The number of carbonyl (C=O) groups excluding carboxylic acids is 1. The molecule has 1 aromatic carbocycles. The summed E-state index contributed by atoms with van der Waals surface area (Å²) in [5.41, 5.74) is 1.01. The zero-order chi connectivity index (χ0) is 14.4. The second-order valence-electron chi connectivity index (χ2n) is 5.15. The number of amides is 2. The van der Waals surface area contributed by atoms with Crippen LogP contribution in [0.15, 0.2) is 24.3 Å². The molecule has 0 unspecified atom stereocenters. The summed E-state index contributed by atoms with van der Waals surface area (Å²) in [6.07, 6.45) is 1.95. The molecular weight excluding hydrogens is 256 g/mol. The van der Waals surface area contributed by atoms with Crippen LogP contribution in [0, 0.1) is 5.92 Å². The molecule has 0 aliphatic carbocycles. The number of nitrogens with zero attached hydrogens (tertiary/aromatic N) is 1. The highest BCUT2D eigenvalue weighted by Crippen LogP contribution is 2.16. The average molecular weight is 278 g/mol. The minimum Gasteiger partial charge on any atom is -0.497 e. The zero-order valence-electron chi connectivity index (χ0n) is 11.8. The smallest absolute Gasteiger partial charge is 0.317 e. The van der Waals surface area contributed by atoms with Crippen LogP contribution < -0.4 is 10.1 Å². The number of aliphatic hydroxyl groups is 1. The van der Waals surface area contributed by atoms with Gasteiger partial charge < -0.3 is 20.1 Å². The average Bonchev–Trinajstić information content (AvgIpc) is 2.52. The Hall–Kier alpha value is -1.75. The van der Waals surface area contributed by atoms with E-state index in [9.17, 15) is 9.90 Å². The third-order valence-electron chi connectivity index (χ3n) is 3.64. The van der Waals surface area contributed by atoms with Crippen molar-refractivity contribution in [2.24, 2.45) is 5.92 Å². The summed E-state index contributed by atoms with van der Waals surface area (Å²) in [6, 6.07) is 7.58. The first-order chi connectivity index (χ1) is 9.72. The van der Waals surface area contributed by atoms with Gasteiger partial charge in [-0.15, -0.1) is 0 Å². The van der Waals surface area contributed by atoms with E-state index in [4.69, 9.17) is 4.74 Å². The molecule has 20 heavy (non-hydrogen) atoms. The molecule has 0 saturated carbocycles. The fourth-order valence-electron chi connectivity index (χ4n) is 2.47. The van der Waals surface area contributed by atoms with Gasteiger partial charge in [-0.05, 0) is 36.5 Å². The van der Waals surface area contributed by atoms with Crippen LogP contribution in [0.25, 0.3) is 0 Å². The Balaban J connectivity index is 1.85. The molecular formula is C15H22N2O3. The monoisotopic (exact) mass is 278 g/mol. The molecule has 2 N–H and O–H groups in total. The summed E-state index contributed by atoms with van der Waals surface area (Å²) >= 11 is 0. The van der Waals surface area contributed by atoms with Crippen molar-refractivity contribution in [1.29, 1.82) is 0 Å². The first kappa shape index (κ1) is 14.7. The summed E-state index contributed by atoms with van der Waals surface area (Å²) in [5.74, 6) is 1.00. The van der Waals surface area contributed by atoms with Gasteiger partial charge in [0.05, 0.1) is 7.11 Å². The van der Waals surface area contributed by atoms with Gasteiger partial charge in [0.15, 0.2) is 0 Å². The second-order valence-corrected chi connectivity index (χ2v) is 5.15. The summed E-state index contributed by atoms with van der Waals surface area (Å²) in [6.45, 7) is 2.04. The van der Waals surface area contributed by atoms with Gasteiger partial charge in [0.1, 0.15) is 5.75 Å². The molecule has 110 valence electrons. The van der Waals surface area contributed by atoms with Crippen molar-refractivity contribution >= 4 is 6.03 Å². The van der Waals surface area contributed by atoms with E-state index in [1.165, 1.54) is 0 Å². The Kier molecular flexibility index (Phi) is 5.24. The highest BCUT2D eigenvalue weighted by atomic mass is 16.5. The molecule has 1 fully saturated rings. The summed E-state index contributed by atoms with van der Waals surface area (Å²) in [4.78, 5) is 13.9. The highest BCUT2D eigenvalue weighted by Gasteiger charge is 2.22. The predicted octanol–water partition coefficient (Wildman–Crippen LogP) is 1.61. The van der Waals surface area contributed by atoms with E-state index in [1.54, 1.807) is 12.0 Å². The molecule has 0 spiro atoms. The third-order valence-corrected chi connectivity index (χ3v) is 3.64. The van der Waals surface area contributed by atoms with Gasteiger partial charge >= 0.3 is 6.03 Å². The topological polar surface area (TPSA) is 61.8 Å². The van der Waals surface area contributed by atoms with Crippen molar-refractivity contribution < 1.29 is 14.6 Å². The van der Waals surface area contributed by atoms with Gasteiger partial charge in [-0.1, -0.05) is 12.1 Å². The van der Waals surface area contributed by atoms with Gasteiger partial charge in [-0.25, -0.2) is 4.79 Å². The maximum absolute atomic E-state index is 12.1. The lowest BCUT2D eigenvalue weighted by Crippen LogP contribution is -2.45. The normalized spacial score (nSPS) is 18.7. The van der Waals surface area contributed by atoms with E-state index in [1.807, 2.05) is 24.3 Å². The van der Waals surface area contributed by atoms with Crippen LogP contribution in [0.2, 0.25) is 0 Å². The number of likely N-dealkylation sites (tertiary alicyclic amines) is 1. The molecule has 0 aromatic heterocycles. The van der Waals surface area contributed by atoms with Crippen LogP contribution in [-0.2, 0) is 6.54 Å². The van der Waals surface area contributed by atoms with E-state index < -0.39 is 0 Å². The molecule has 1 aliphatic rings. The van der Waals surface area contributed by atoms with Crippen molar-refractivity contribution in [3.05, 3.63) is 29.8 Å². The molecule has 5 heteroatoms. The molecule has 2 amide bonds. The van der Waals surface area contributed by atoms with Gasteiger partial charge in [0.25, 0.3) is 0 Å². The van der Waals surface area contributed by atoms with Gasteiger partial charge in [0.2, 0.25) is 0 Å². The van der Waals surface area contributed by atoms with E-state index in [0.29, 0.717) is 13.1 Å². The maximum Gasteiger partial charge on any atom is 0.317 e. The minimum absolute atomic E-state index is 0.0639. The van der Waals surface area contributed by atoms with E-state index in [0.717, 1.165) is 30.7 Å². The molecule has 2 rings (SSSR count). The standard InChI is InChI=1S/C15H22N2O3/c1-20-14-6-2-4-12(8-14)9-16-15(19)17-7-3-5-13(10-17)11-18/h2,4,6,8,13,18H,3,5,7,9-11H2,1H3,(H,16,19)/t13-/m0/s1. The lowest BCUT2D eigenvalue weighted by atomic mass is 9.99. The molecule has 1 aromatic rings. The molecule has 1 saturated heterocycles. The Morgan fingerprint density at radius 2 is 2.40 bits per heavy atom. The lowest BCUT2D eigenvalue weighted by Gasteiger charge is -2.31. The maximum atomic E-state index is 12.1. The quantitative estimate of drug-likeness (QED) is 0.879. The fraction of sp³-hybridized carbons (Fsp3) is 0.533. The lowest BCUT2D eigenvalue weighted by molar-refractivity contribution is 0.129. The zero-order valence-corrected chi connectivity index (χ0v) is 11.8. The Bertz CT molecular complexity index is 450. The van der Waals surface area contributed by atoms with Crippen LogP contribution in [0.1, 0.15) is 18.4 Å². The number of nitrogens with one attached hydrogen (secondary N) is 1. The van der Waals surface area contributed by atoms with Crippen molar-refractivity contribution in [3.63, 3.8) is 0 Å². The predicted molar refractivity (Wildman–Crippen MR) is 76.6 cm³/mol. The Morgan fingerprint density at radius 1 is 1.55 bits per heavy atom.